The molecule has 14 heavy (non-hydrogen) atoms. The minimum absolute atomic E-state index is 0.792. The van der Waals surface area contributed by atoms with Gasteiger partial charge in [-0.05, 0) is 12.8 Å². The Bertz CT molecular complexity index is 112. The van der Waals surface area contributed by atoms with Crippen LogP contribution in [-0.4, -0.2) is 57.4 Å². The van der Waals surface area contributed by atoms with Gasteiger partial charge in [0.2, 0.25) is 0 Å². The summed E-state index contributed by atoms with van der Waals surface area (Å²) in [5, 5.41) is 3.29. The van der Waals surface area contributed by atoms with E-state index >= 15 is 0 Å². The second kappa shape index (κ2) is 8.17. The second-order valence-corrected chi connectivity index (χ2v) is 3.70. The number of piperazine rings is 1. The van der Waals surface area contributed by atoms with Gasteiger partial charge in [0.05, 0.1) is 0 Å². The van der Waals surface area contributed by atoms with Crippen molar-refractivity contribution in [3.05, 3.63) is 0 Å². The van der Waals surface area contributed by atoms with Crippen molar-refractivity contribution < 1.29 is 4.74 Å². The van der Waals surface area contributed by atoms with E-state index in [1.807, 2.05) is 0 Å². The van der Waals surface area contributed by atoms with Gasteiger partial charge in [-0.25, -0.2) is 0 Å². The molecule has 0 bridgehead atoms. The first kappa shape index (κ1) is 11.9. The number of nitrogens with one attached hydrogen (secondary N) is 1. The second-order valence-electron chi connectivity index (χ2n) is 3.70. The fourth-order valence-electron chi connectivity index (χ4n) is 1.63. The molecule has 3 N–H and O–H groups in total. The van der Waals surface area contributed by atoms with E-state index in [1.165, 1.54) is 12.8 Å². The van der Waals surface area contributed by atoms with Gasteiger partial charge in [0.25, 0.3) is 0 Å². The molecule has 2 heterocycles. The molecular weight excluding hydrogens is 178 g/mol. The first-order chi connectivity index (χ1) is 6.93. The van der Waals surface area contributed by atoms with E-state index in [1.54, 1.807) is 0 Å². The monoisotopic (exact) mass is 201 g/mol. The summed E-state index contributed by atoms with van der Waals surface area (Å²) in [5.41, 5.74) is 5.40. The van der Waals surface area contributed by atoms with Crippen molar-refractivity contribution >= 4 is 0 Å². The van der Waals surface area contributed by atoms with Gasteiger partial charge in [0.15, 0.2) is 0 Å². The van der Waals surface area contributed by atoms with Gasteiger partial charge in [-0.2, -0.15) is 0 Å². The molecule has 0 unspecified atom stereocenters. The lowest BCUT2D eigenvalue weighted by molar-refractivity contribution is 0.198. The van der Waals surface area contributed by atoms with Crippen molar-refractivity contribution in [1.29, 1.82) is 0 Å². The van der Waals surface area contributed by atoms with Crippen LogP contribution >= 0.6 is 0 Å². The average Bonchev–Trinajstić information content (AvgIpc) is 2.78. The standard InChI is InChI=1S/C6H15N3.C4H8O/c7-1-4-9-5-2-8-3-6-9;1-2-4-5-3-1/h8H,1-7H2;1-4H2. The lowest BCUT2D eigenvalue weighted by Crippen LogP contribution is -2.45. The Hall–Kier alpha value is -0.160. The highest BCUT2D eigenvalue weighted by Crippen LogP contribution is 1.98. The third-order valence-electron chi connectivity index (χ3n) is 2.48. The first-order valence-electron chi connectivity index (χ1n) is 5.64. The molecule has 0 saturated carbocycles. The van der Waals surface area contributed by atoms with Crippen LogP contribution < -0.4 is 11.1 Å². The number of nitrogens with two attached hydrogens (primary N) is 1. The Labute approximate surface area is 86.8 Å². The predicted octanol–water partition coefficient (Wildman–Crippen LogP) is -0.353. The van der Waals surface area contributed by atoms with Crippen LogP contribution in [0.3, 0.4) is 0 Å². The van der Waals surface area contributed by atoms with Crippen LogP contribution in [-0.2, 0) is 4.74 Å². The molecule has 0 radical (unpaired) electrons. The van der Waals surface area contributed by atoms with Crippen LogP contribution in [0, 0.1) is 0 Å². The molecule has 0 spiro atoms. The fraction of sp³-hybridized carbons (Fsp3) is 1.00. The number of hydrogen-bond acceptors (Lipinski definition) is 4. The molecule has 0 aromatic heterocycles. The molecule has 0 aromatic carbocycles. The van der Waals surface area contributed by atoms with Crippen molar-refractivity contribution in [1.82, 2.24) is 10.2 Å². The van der Waals surface area contributed by atoms with Crippen molar-refractivity contribution in [2.45, 2.75) is 12.8 Å². The van der Waals surface area contributed by atoms with Crippen molar-refractivity contribution in [3.8, 4) is 0 Å². The maximum Gasteiger partial charge on any atom is 0.0466 e. The quantitative estimate of drug-likeness (QED) is 0.641. The van der Waals surface area contributed by atoms with Gasteiger partial charge in [-0.3, -0.25) is 4.90 Å². The van der Waals surface area contributed by atoms with Gasteiger partial charge < -0.3 is 15.8 Å². The summed E-state index contributed by atoms with van der Waals surface area (Å²) < 4.78 is 4.94. The Balaban J connectivity index is 0.000000165. The Morgan fingerprint density at radius 1 is 1.14 bits per heavy atom. The molecule has 0 atom stereocenters. The van der Waals surface area contributed by atoms with Crippen LogP contribution in [0.15, 0.2) is 0 Å². The summed E-state index contributed by atoms with van der Waals surface area (Å²) in [6.45, 7) is 8.43. The van der Waals surface area contributed by atoms with Gasteiger partial charge in [0, 0.05) is 52.5 Å². The summed E-state index contributed by atoms with van der Waals surface area (Å²) in [4.78, 5) is 2.39. The molecule has 2 fully saturated rings. The molecule has 0 amide bonds. The van der Waals surface area contributed by atoms with Gasteiger partial charge in [-0.15, -0.1) is 0 Å². The molecule has 2 saturated heterocycles. The minimum atomic E-state index is 0.792. The minimum Gasteiger partial charge on any atom is -0.381 e. The van der Waals surface area contributed by atoms with E-state index < -0.39 is 0 Å². The first-order valence-corrected chi connectivity index (χ1v) is 5.64. The summed E-state index contributed by atoms with van der Waals surface area (Å²) in [7, 11) is 0. The normalized spacial score (nSPS) is 22.9. The largest absolute Gasteiger partial charge is 0.381 e. The van der Waals surface area contributed by atoms with Crippen LogP contribution in [0.4, 0.5) is 0 Å². The van der Waals surface area contributed by atoms with E-state index in [-0.39, 0.29) is 0 Å². The third kappa shape index (κ3) is 5.54. The predicted molar refractivity (Wildman–Crippen MR) is 58.4 cm³/mol. The molecule has 4 nitrogen and oxygen atoms in total. The number of ether oxygens (including phenoxy) is 1. The molecule has 2 aliphatic heterocycles. The highest BCUT2D eigenvalue weighted by Gasteiger charge is 2.06. The highest BCUT2D eigenvalue weighted by molar-refractivity contribution is 4.66. The maximum atomic E-state index is 5.40. The zero-order valence-corrected chi connectivity index (χ0v) is 9.00. The van der Waals surface area contributed by atoms with Crippen molar-refractivity contribution in [2.24, 2.45) is 5.73 Å². The Kier molecular flexibility index (Phi) is 6.95. The van der Waals surface area contributed by atoms with Crippen LogP contribution in [0.2, 0.25) is 0 Å². The van der Waals surface area contributed by atoms with Gasteiger partial charge >= 0.3 is 0 Å². The zero-order valence-electron chi connectivity index (χ0n) is 9.00. The molecule has 2 rings (SSSR count). The number of nitrogens with zero attached hydrogens (tertiary/aromatic N) is 1. The topological polar surface area (TPSA) is 50.5 Å². The smallest absolute Gasteiger partial charge is 0.0466 e. The average molecular weight is 201 g/mol. The highest BCUT2D eigenvalue weighted by atomic mass is 16.5. The summed E-state index contributed by atoms with van der Waals surface area (Å²) >= 11 is 0. The fourth-order valence-corrected chi connectivity index (χ4v) is 1.63. The van der Waals surface area contributed by atoms with E-state index in [4.69, 9.17) is 10.5 Å². The number of hydrogen-bond donors (Lipinski definition) is 2. The van der Waals surface area contributed by atoms with Crippen LogP contribution in [0.5, 0.6) is 0 Å². The summed E-state index contributed by atoms with van der Waals surface area (Å²) in [6, 6.07) is 0. The summed E-state index contributed by atoms with van der Waals surface area (Å²) in [6.07, 6.45) is 2.56. The molecular formula is C10H23N3O. The lowest BCUT2D eigenvalue weighted by atomic mass is 10.3. The summed E-state index contributed by atoms with van der Waals surface area (Å²) in [5.74, 6) is 0. The van der Waals surface area contributed by atoms with Gasteiger partial charge in [0.1, 0.15) is 0 Å². The lowest BCUT2D eigenvalue weighted by Gasteiger charge is -2.26. The van der Waals surface area contributed by atoms with E-state index in [0.717, 1.165) is 52.5 Å². The zero-order chi connectivity index (χ0) is 10.1. The van der Waals surface area contributed by atoms with E-state index in [2.05, 4.69) is 10.2 Å². The van der Waals surface area contributed by atoms with Crippen molar-refractivity contribution in [3.63, 3.8) is 0 Å². The van der Waals surface area contributed by atoms with Gasteiger partial charge in [-0.1, -0.05) is 0 Å². The molecule has 0 aliphatic carbocycles. The van der Waals surface area contributed by atoms with E-state index in [9.17, 15) is 0 Å². The maximum absolute atomic E-state index is 5.40. The third-order valence-corrected chi connectivity index (χ3v) is 2.48. The van der Waals surface area contributed by atoms with Crippen molar-refractivity contribution in [2.75, 3.05) is 52.5 Å². The molecule has 84 valence electrons. The molecule has 2 aliphatic rings. The SMILES string of the molecule is C1CCOC1.NCCN1CCNCC1. The van der Waals surface area contributed by atoms with Crippen LogP contribution in [0.25, 0.3) is 0 Å². The Morgan fingerprint density at radius 2 is 1.79 bits per heavy atom. The molecule has 4 heteroatoms. The molecule has 0 aromatic rings. The number of rotatable bonds is 2. The van der Waals surface area contributed by atoms with Crippen LogP contribution in [0.1, 0.15) is 12.8 Å². The Morgan fingerprint density at radius 3 is 2.21 bits per heavy atom. The van der Waals surface area contributed by atoms with E-state index in [0.29, 0.717) is 0 Å².